The average Bonchev–Trinajstić information content (AvgIpc) is 2.17. The lowest BCUT2D eigenvalue weighted by Gasteiger charge is -2.13. The van der Waals surface area contributed by atoms with Crippen molar-refractivity contribution in [3.8, 4) is 0 Å². The molecule has 1 aromatic carbocycles. The Labute approximate surface area is 105 Å². The van der Waals surface area contributed by atoms with E-state index in [0.717, 1.165) is 5.75 Å². The van der Waals surface area contributed by atoms with E-state index in [4.69, 9.17) is 17.3 Å². The van der Waals surface area contributed by atoms with E-state index in [1.54, 1.807) is 30.0 Å². The number of nitrogens with one attached hydrogen (secondary N) is 1. The minimum atomic E-state index is -0.157. The van der Waals surface area contributed by atoms with E-state index in [0.29, 0.717) is 16.3 Å². The second kappa shape index (κ2) is 6.01. The summed E-state index contributed by atoms with van der Waals surface area (Å²) < 4.78 is 0. The number of amides is 1. The van der Waals surface area contributed by atoms with E-state index in [1.165, 1.54) is 0 Å². The zero-order valence-electron chi connectivity index (χ0n) is 9.29. The normalized spacial score (nSPS) is 12.2. The van der Waals surface area contributed by atoms with Crippen molar-refractivity contribution in [2.75, 3.05) is 17.7 Å². The average molecular weight is 259 g/mol. The van der Waals surface area contributed by atoms with Crippen LogP contribution in [0.2, 0.25) is 5.02 Å². The van der Waals surface area contributed by atoms with E-state index in [-0.39, 0.29) is 11.9 Å². The lowest BCUT2D eigenvalue weighted by Crippen LogP contribution is -2.34. The number of hydrogen-bond donors (Lipinski definition) is 2. The van der Waals surface area contributed by atoms with Gasteiger partial charge >= 0.3 is 0 Å². The molecule has 1 rings (SSSR count). The monoisotopic (exact) mass is 258 g/mol. The first-order valence-electron chi connectivity index (χ1n) is 4.89. The second-order valence-electron chi connectivity index (χ2n) is 3.56. The molecule has 0 spiro atoms. The molecule has 0 aromatic heterocycles. The highest BCUT2D eigenvalue weighted by Crippen LogP contribution is 2.18. The lowest BCUT2D eigenvalue weighted by molar-refractivity contribution is 0.0944. The summed E-state index contributed by atoms with van der Waals surface area (Å²) >= 11 is 7.45. The third-order valence-electron chi connectivity index (χ3n) is 2.05. The van der Waals surface area contributed by atoms with Crippen LogP contribution in [0, 0.1) is 0 Å². The third-order valence-corrected chi connectivity index (χ3v) is 3.12. The molecule has 0 heterocycles. The van der Waals surface area contributed by atoms with Crippen LogP contribution in [0.15, 0.2) is 18.2 Å². The van der Waals surface area contributed by atoms with Gasteiger partial charge in [0.2, 0.25) is 0 Å². The number of hydrogen-bond acceptors (Lipinski definition) is 3. The van der Waals surface area contributed by atoms with Gasteiger partial charge in [0.05, 0.1) is 5.56 Å². The molecule has 16 heavy (non-hydrogen) atoms. The largest absolute Gasteiger partial charge is 0.398 e. The van der Waals surface area contributed by atoms with Gasteiger partial charge in [0.15, 0.2) is 0 Å². The fourth-order valence-electron chi connectivity index (χ4n) is 1.33. The molecule has 0 bridgehead atoms. The third kappa shape index (κ3) is 3.61. The number of benzene rings is 1. The molecule has 1 unspecified atom stereocenters. The fraction of sp³-hybridized carbons (Fsp3) is 0.364. The Balaban J connectivity index is 2.73. The van der Waals surface area contributed by atoms with Gasteiger partial charge in [0.25, 0.3) is 5.91 Å². The summed E-state index contributed by atoms with van der Waals surface area (Å²) in [4.78, 5) is 11.8. The van der Waals surface area contributed by atoms with Crippen LogP contribution in [-0.2, 0) is 0 Å². The number of carbonyl (C=O) groups excluding carboxylic acids is 1. The Kier molecular flexibility index (Phi) is 4.96. The van der Waals surface area contributed by atoms with Crippen LogP contribution in [0.3, 0.4) is 0 Å². The van der Waals surface area contributed by atoms with E-state index >= 15 is 0 Å². The van der Waals surface area contributed by atoms with Crippen LogP contribution >= 0.6 is 23.4 Å². The van der Waals surface area contributed by atoms with Gasteiger partial charge in [-0.15, -0.1) is 0 Å². The topological polar surface area (TPSA) is 55.1 Å². The van der Waals surface area contributed by atoms with Crippen molar-refractivity contribution in [2.24, 2.45) is 0 Å². The molecule has 0 aliphatic rings. The Hall–Kier alpha value is -0.870. The molecule has 3 N–H and O–H groups in total. The molecule has 5 heteroatoms. The van der Waals surface area contributed by atoms with Crippen LogP contribution in [0.1, 0.15) is 17.3 Å². The van der Waals surface area contributed by atoms with Gasteiger partial charge < -0.3 is 11.1 Å². The molecule has 88 valence electrons. The predicted molar refractivity (Wildman–Crippen MR) is 71.2 cm³/mol. The molecule has 0 radical (unpaired) electrons. The first kappa shape index (κ1) is 13.2. The van der Waals surface area contributed by atoms with Gasteiger partial charge in [-0.2, -0.15) is 11.8 Å². The molecule has 0 saturated heterocycles. The summed E-state index contributed by atoms with van der Waals surface area (Å²) in [6.07, 6.45) is 2.00. The van der Waals surface area contributed by atoms with Crippen molar-refractivity contribution in [3.63, 3.8) is 0 Å². The lowest BCUT2D eigenvalue weighted by atomic mass is 10.1. The Morgan fingerprint density at radius 2 is 2.31 bits per heavy atom. The Bertz CT molecular complexity index is 384. The summed E-state index contributed by atoms with van der Waals surface area (Å²) in [5, 5.41) is 3.41. The fourth-order valence-corrected chi connectivity index (χ4v) is 2.10. The first-order chi connectivity index (χ1) is 7.54. The van der Waals surface area contributed by atoms with Gasteiger partial charge in [-0.1, -0.05) is 11.6 Å². The summed E-state index contributed by atoms with van der Waals surface area (Å²) in [6, 6.07) is 5.00. The second-order valence-corrected chi connectivity index (χ2v) is 4.91. The maximum atomic E-state index is 11.8. The van der Waals surface area contributed by atoms with Crippen LogP contribution in [0.5, 0.6) is 0 Å². The number of nitrogen functional groups attached to an aromatic ring is 1. The maximum absolute atomic E-state index is 11.8. The van der Waals surface area contributed by atoms with E-state index in [1.807, 2.05) is 13.2 Å². The van der Waals surface area contributed by atoms with Gasteiger partial charge in [-0.25, -0.2) is 0 Å². The molecular formula is C11H15ClN2OS. The van der Waals surface area contributed by atoms with Crippen LogP contribution in [0.4, 0.5) is 5.69 Å². The van der Waals surface area contributed by atoms with Gasteiger partial charge in [0, 0.05) is 22.5 Å². The number of carbonyl (C=O) groups is 1. The Morgan fingerprint density at radius 1 is 1.62 bits per heavy atom. The number of nitrogens with two attached hydrogens (primary N) is 1. The smallest absolute Gasteiger partial charge is 0.253 e. The van der Waals surface area contributed by atoms with Gasteiger partial charge in [-0.3, -0.25) is 4.79 Å². The van der Waals surface area contributed by atoms with E-state index in [9.17, 15) is 4.79 Å². The molecule has 0 aliphatic carbocycles. The van der Waals surface area contributed by atoms with Crippen molar-refractivity contribution < 1.29 is 4.79 Å². The molecule has 1 atom stereocenters. The number of rotatable bonds is 4. The summed E-state index contributed by atoms with van der Waals surface area (Å²) in [6.45, 7) is 1.96. The van der Waals surface area contributed by atoms with E-state index < -0.39 is 0 Å². The molecule has 0 saturated carbocycles. The summed E-state index contributed by atoms with van der Waals surface area (Å²) in [7, 11) is 0. The zero-order valence-corrected chi connectivity index (χ0v) is 10.9. The zero-order chi connectivity index (χ0) is 12.1. The molecule has 0 fully saturated rings. The van der Waals surface area contributed by atoms with Crippen molar-refractivity contribution in [1.29, 1.82) is 0 Å². The summed E-state index contributed by atoms with van der Waals surface area (Å²) in [5.74, 6) is 0.717. The predicted octanol–water partition coefficient (Wildman–Crippen LogP) is 2.40. The SMILES string of the molecule is CSCC(C)NC(=O)c1ccc(Cl)cc1N. The van der Waals surface area contributed by atoms with E-state index in [2.05, 4.69) is 5.32 Å². The highest BCUT2D eigenvalue weighted by Gasteiger charge is 2.12. The van der Waals surface area contributed by atoms with Gasteiger partial charge in [-0.05, 0) is 31.4 Å². The van der Waals surface area contributed by atoms with Crippen molar-refractivity contribution in [2.45, 2.75) is 13.0 Å². The first-order valence-corrected chi connectivity index (χ1v) is 6.66. The highest BCUT2D eigenvalue weighted by atomic mass is 35.5. The van der Waals surface area contributed by atoms with Crippen molar-refractivity contribution >= 4 is 35.0 Å². The minimum Gasteiger partial charge on any atom is -0.398 e. The highest BCUT2D eigenvalue weighted by molar-refractivity contribution is 7.98. The minimum absolute atomic E-state index is 0.123. The van der Waals surface area contributed by atoms with Crippen LogP contribution in [0.25, 0.3) is 0 Å². The molecule has 1 amide bonds. The van der Waals surface area contributed by atoms with Crippen LogP contribution in [-0.4, -0.2) is 24.0 Å². The maximum Gasteiger partial charge on any atom is 0.253 e. The van der Waals surface area contributed by atoms with Crippen molar-refractivity contribution in [1.82, 2.24) is 5.32 Å². The Morgan fingerprint density at radius 3 is 2.88 bits per heavy atom. The summed E-state index contributed by atoms with van der Waals surface area (Å²) in [5.41, 5.74) is 6.60. The number of thioether (sulfide) groups is 1. The molecule has 0 aliphatic heterocycles. The standard InChI is InChI=1S/C11H15ClN2OS/c1-7(6-16-2)14-11(15)9-4-3-8(12)5-10(9)13/h3-5,7H,6,13H2,1-2H3,(H,14,15). The quantitative estimate of drug-likeness (QED) is 0.816. The molecule has 3 nitrogen and oxygen atoms in total. The van der Waals surface area contributed by atoms with Gasteiger partial charge in [0.1, 0.15) is 0 Å². The van der Waals surface area contributed by atoms with Crippen LogP contribution < -0.4 is 11.1 Å². The number of anilines is 1. The van der Waals surface area contributed by atoms with Crippen molar-refractivity contribution in [3.05, 3.63) is 28.8 Å². The molecular weight excluding hydrogens is 244 g/mol. The number of halogens is 1. The molecule has 1 aromatic rings.